The number of anilines is 1. The maximum Gasteiger partial charge on any atom is 0.286 e. The molecule has 4 aromatic carbocycles. The summed E-state index contributed by atoms with van der Waals surface area (Å²) >= 11 is 0. The Morgan fingerprint density at radius 1 is 0.881 bits per heavy atom. The standard InChI is InChI=1S/C34H28N4O4/c1-41-26-15-12-22(13-16-26)21-37-18-19-42-28-17-14-25(20-27(28)37)30-33(39)35-32-29(23-8-4-2-5-9-23)31(36-38(32)34(30)40)24-10-6-3-7-11-24/h2-17,20,35,39H,18-19,21H2,1H3. The fourth-order valence-electron chi connectivity index (χ4n) is 5.54. The first kappa shape index (κ1) is 25.5. The van der Waals surface area contributed by atoms with Crippen molar-refractivity contribution >= 4 is 11.3 Å². The summed E-state index contributed by atoms with van der Waals surface area (Å²) in [5.41, 5.74) is 5.83. The van der Waals surface area contributed by atoms with E-state index in [9.17, 15) is 9.90 Å². The lowest BCUT2D eigenvalue weighted by Crippen LogP contribution is -2.32. The van der Waals surface area contributed by atoms with Crippen molar-refractivity contribution in [2.45, 2.75) is 6.54 Å². The number of hydrogen-bond acceptors (Lipinski definition) is 6. The lowest BCUT2D eigenvalue weighted by Gasteiger charge is -2.31. The smallest absolute Gasteiger partial charge is 0.286 e. The zero-order valence-electron chi connectivity index (χ0n) is 22.9. The second kappa shape index (κ2) is 10.5. The van der Waals surface area contributed by atoms with E-state index >= 15 is 0 Å². The minimum atomic E-state index is -0.418. The summed E-state index contributed by atoms with van der Waals surface area (Å²) in [4.78, 5) is 19.3. The van der Waals surface area contributed by atoms with Crippen LogP contribution in [0.5, 0.6) is 17.4 Å². The van der Waals surface area contributed by atoms with Crippen molar-refractivity contribution in [3.63, 3.8) is 0 Å². The number of nitrogens with one attached hydrogen (secondary N) is 1. The van der Waals surface area contributed by atoms with Crippen molar-refractivity contribution in [2.75, 3.05) is 25.2 Å². The van der Waals surface area contributed by atoms with E-state index in [0.717, 1.165) is 39.4 Å². The number of benzene rings is 4. The minimum Gasteiger partial charge on any atom is -0.497 e. The summed E-state index contributed by atoms with van der Waals surface area (Å²) in [5, 5.41) is 16.1. The van der Waals surface area contributed by atoms with Gasteiger partial charge in [-0.3, -0.25) is 4.79 Å². The van der Waals surface area contributed by atoms with Crippen molar-refractivity contribution in [1.82, 2.24) is 14.6 Å². The van der Waals surface area contributed by atoms with Crippen molar-refractivity contribution in [1.29, 1.82) is 0 Å². The summed E-state index contributed by atoms with van der Waals surface area (Å²) in [5.74, 6) is 1.31. The molecule has 0 aliphatic carbocycles. The largest absolute Gasteiger partial charge is 0.497 e. The second-order valence-electron chi connectivity index (χ2n) is 10.2. The van der Waals surface area contributed by atoms with Crippen LogP contribution in [0.3, 0.4) is 0 Å². The molecule has 6 aromatic rings. The molecule has 2 aromatic heterocycles. The van der Waals surface area contributed by atoms with Gasteiger partial charge >= 0.3 is 0 Å². The van der Waals surface area contributed by atoms with Crippen molar-refractivity contribution < 1.29 is 14.6 Å². The van der Waals surface area contributed by atoms with E-state index < -0.39 is 5.56 Å². The molecule has 0 radical (unpaired) electrons. The molecule has 0 unspecified atom stereocenters. The van der Waals surface area contributed by atoms with Crippen LogP contribution in [0, 0.1) is 0 Å². The normalized spacial score (nSPS) is 12.6. The number of rotatable bonds is 6. The van der Waals surface area contributed by atoms with Gasteiger partial charge in [0.15, 0.2) is 0 Å². The third kappa shape index (κ3) is 4.43. The lowest BCUT2D eigenvalue weighted by molar-refractivity contribution is 0.307. The van der Waals surface area contributed by atoms with Crippen LogP contribution in [-0.4, -0.2) is 40.0 Å². The third-order valence-corrected chi connectivity index (χ3v) is 7.61. The topological polar surface area (TPSA) is 92.1 Å². The molecule has 7 rings (SSSR count). The molecule has 2 N–H and O–H groups in total. The van der Waals surface area contributed by atoms with E-state index in [1.54, 1.807) is 13.2 Å². The zero-order valence-corrected chi connectivity index (χ0v) is 22.9. The Morgan fingerprint density at radius 3 is 2.31 bits per heavy atom. The number of aromatic hydroxyl groups is 1. The Hall–Kier alpha value is -5.50. The quantitative estimate of drug-likeness (QED) is 0.256. The molecule has 208 valence electrons. The first-order chi connectivity index (χ1) is 20.6. The van der Waals surface area contributed by atoms with Gasteiger partial charge in [-0.2, -0.15) is 9.61 Å². The average molecular weight is 557 g/mol. The van der Waals surface area contributed by atoms with E-state index in [-0.39, 0.29) is 11.4 Å². The van der Waals surface area contributed by atoms with Crippen LogP contribution >= 0.6 is 0 Å². The number of fused-ring (bicyclic) bond motifs is 2. The van der Waals surface area contributed by atoms with Crippen LogP contribution in [0.25, 0.3) is 39.2 Å². The number of ether oxygens (including phenoxy) is 2. The third-order valence-electron chi connectivity index (χ3n) is 7.61. The fourth-order valence-corrected chi connectivity index (χ4v) is 5.54. The first-order valence-electron chi connectivity index (χ1n) is 13.7. The van der Waals surface area contributed by atoms with Gasteiger partial charge in [-0.1, -0.05) is 78.9 Å². The van der Waals surface area contributed by atoms with Gasteiger partial charge < -0.3 is 24.5 Å². The molecule has 0 saturated carbocycles. The van der Waals surface area contributed by atoms with E-state index in [2.05, 4.69) is 9.88 Å². The van der Waals surface area contributed by atoms with Gasteiger partial charge in [-0.05, 0) is 41.0 Å². The second-order valence-corrected chi connectivity index (χ2v) is 10.2. The highest BCUT2D eigenvalue weighted by Gasteiger charge is 2.25. The molecule has 1 aliphatic heterocycles. The molecule has 0 fully saturated rings. The van der Waals surface area contributed by atoms with Gasteiger partial charge in [-0.25, -0.2) is 0 Å². The summed E-state index contributed by atoms with van der Waals surface area (Å²) in [6, 6.07) is 33.0. The van der Waals surface area contributed by atoms with Gasteiger partial charge in [-0.15, -0.1) is 0 Å². The summed E-state index contributed by atoms with van der Waals surface area (Å²) < 4.78 is 12.6. The molecule has 0 amide bonds. The van der Waals surface area contributed by atoms with E-state index in [0.29, 0.717) is 36.6 Å². The Labute approximate surface area is 242 Å². The first-order valence-corrected chi connectivity index (χ1v) is 13.7. The molecule has 1 aliphatic rings. The maximum absolute atomic E-state index is 14.0. The fraction of sp³-hybridized carbons (Fsp3) is 0.118. The molecule has 8 heteroatoms. The van der Waals surface area contributed by atoms with E-state index in [4.69, 9.17) is 14.6 Å². The highest BCUT2D eigenvalue weighted by molar-refractivity contribution is 5.91. The molecular formula is C34H28N4O4. The van der Waals surface area contributed by atoms with Crippen LogP contribution in [0.1, 0.15) is 5.56 Å². The van der Waals surface area contributed by atoms with Gasteiger partial charge in [0.1, 0.15) is 35.0 Å². The summed E-state index contributed by atoms with van der Waals surface area (Å²) in [6.07, 6.45) is 0. The summed E-state index contributed by atoms with van der Waals surface area (Å²) in [6.45, 7) is 1.90. The van der Waals surface area contributed by atoms with Crippen molar-refractivity contribution in [3.8, 4) is 50.9 Å². The molecule has 0 bridgehead atoms. The van der Waals surface area contributed by atoms with E-state index in [1.807, 2.05) is 97.1 Å². The number of H-pyrrole nitrogens is 1. The van der Waals surface area contributed by atoms with Gasteiger partial charge in [0, 0.05) is 12.1 Å². The SMILES string of the molecule is COc1ccc(CN2CCOc3ccc(-c4c(O)[nH]c5c(-c6ccccc6)c(-c6ccccc6)nn5c4=O)cc32)cc1. The van der Waals surface area contributed by atoms with Crippen LogP contribution in [-0.2, 0) is 6.54 Å². The number of aromatic amines is 1. The average Bonchev–Trinajstić information content (AvgIpc) is 3.42. The van der Waals surface area contributed by atoms with Gasteiger partial charge in [0.05, 0.1) is 24.9 Å². The van der Waals surface area contributed by atoms with Crippen LogP contribution < -0.4 is 19.9 Å². The van der Waals surface area contributed by atoms with E-state index in [1.165, 1.54) is 4.52 Å². The molecule has 0 saturated heterocycles. The Bertz CT molecular complexity index is 1950. The molecule has 3 heterocycles. The van der Waals surface area contributed by atoms with Crippen LogP contribution in [0.15, 0.2) is 108 Å². The number of aromatic nitrogens is 3. The Balaban J connectivity index is 1.35. The molecule has 8 nitrogen and oxygen atoms in total. The Kier molecular flexibility index (Phi) is 6.35. The van der Waals surface area contributed by atoms with Crippen molar-refractivity contribution in [2.24, 2.45) is 0 Å². The molecule has 42 heavy (non-hydrogen) atoms. The lowest BCUT2D eigenvalue weighted by atomic mass is 10.0. The predicted molar refractivity (Wildman–Crippen MR) is 163 cm³/mol. The molecule has 0 atom stereocenters. The van der Waals surface area contributed by atoms with Gasteiger partial charge in [0.2, 0.25) is 5.88 Å². The highest BCUT2D eigenvalue weighted by Crippen LogP contribution is 2.39. The van der Waals surface area contributed by atoms with Crippen LogP contribution in [0.4, 0.5) is 5.69 Å². The number of hydrogen-bond donors (Lipinski definition) is 2. The minimum absolute atomic E-state index is 0.141. The number of nitrogens with zero attached hydrogens (tertiary/aromatic N) is 3. The van der Waals surface area contributed by atoms with Crippen molar-refractivity contribution in [3.05, 3.63) is 119 Å². The highest BCUT2D eigenvalue weighted by atomic mass is 16.5. The number of methoxy groups -OCH3 is 1. The zero-order chi connectivity index (χ0) is 28.6. The predicted octanol–water partition coefficient (Wildman–Crippen LogP) is 6.14. The monoisotopic (exact) mass is 556 g/mol. The molecular weight excluding hydrogens is 528 g/mol. The summed E-state index contributed by atoms with van der Waals surface area (Å²) in [7, 11) is 1.65. The maximum atomic E-state index is 14.0. The van der Waals surface area contributed by atoms with Gasteiger partial charge in [0.25, 0.3) is 5.56 Å². The molecule has 0 spiro atoms. The Morgan fingerprint density at radius 2 is 1.60 bits per heavy atom. The van der Waals surface area contributed by atoms with Crippen LogP contribution in [0.2, 0.25) is 0 Å².